The molecule has 0 fully saturated rings. The van der Waals surface area contributed by atoms with E-state index in [0.717, 1.165) is 6.07 Å². The Balaban J connectivity index is 1.78. The number of sulfonamides is 1. The van der Waals surface area contributed by atoms with Crippen molar-refractivity contribution in [3.8, 4) is 11.5 Å². The van der Waals surface area contributed by atoms with Crippen LogP contribution in [0.3, 0.4) is 0 Å². The van der Waals surface area contributed by atoms with Gasteiger partial charge >= 0.3 is 0 Å². The maximum atomic E-state index is 12.6. The van der Waals surface area contributed by atoms with Crippen LogP contribution in [0.15, 0.2) is 76.7 Å². The molecule has 0 aliphatic heterocycles. The number of carbonyl (C=O) groups excluding carboxylic acids is 1. The summed E-state index contributed by atoms with van der Waals surface area (Å²) in [5.74, 6) is -1.00. The topological polar surface area (TPSA) is 128 Å². The average Bonchev–Trinajstić information content (AvgIpc) is 2.70. The van der Waals surface area contributed by atoms with E-state index in [1.807, 2.05) is 0 Å². The van der Waals surface area contributed by atoms with Gasteiger partial charge in [0.1, 0.15) is 11.5 Å². The Morgan fingerprint density at radius 3 is 2.40 bits per heavy atom. The van der Waals surface area contributed by atoms with Crippen molar-refractivity contribution in [2.45, 2.75) is 4.90 Å². The fourth-order valence-electron chi connectivity index (χ4n) is 2.45. The number of phenols is 2. The fourth-order valence-corrected chi connectivity index (χ4v) is 3.66. The summed E-state index contributed by atoms with van der Waals surface area (Å²) in [6.07, 6.45) is 1.19. The maximum absolute atomic E-state index is 12.6. The maximum Gasteiger partial charge on any atom is 0.273 e. The Labute approximate surface area is 177 Å². The third kappa shape index (κ3) is 5.07. The number of hydrogen-bond donors (Lipinski definition) is 4. The van der Waals surface area contributed by atoms with Gasteiger partial charge in [-0.2, -0.15) is 5.10 Å². The van der Waals surface area contributed by atoms with Gasteiger partial charge in [-0.25, -0.2) is 13.8 Å². The Kier molecular flexibility index (Phi) is 6.24. The standard InChI is InChI=1S/C20H16ClN3O5S/c21-14-6-9-16(10-7-14)30(28,29)24-18-4-2-1-3-17(18)20(27)23-22-12-13-5-8-15(25)11-19(13)26/h1-12,24-26H,(H,23,27). The minimum atomic E-state index is -3.94. The number of nitrogens with one attached hydrogen (secondary N) is 2. The first-order valence-corrected chi connectivity index (χ1v) is 10.4. The molecule has 0 aromatic heterocycles. The average molecular weight is 446 g/mol. The van der Waals surface area contributed by atoms with Gasteiger partial charge in [0, 0.05) is 16.7 Å². The van der Waals surface area contributed by atoms with Gasteiger partial charge in [0.05, 0.1) is 22.4 Å². The Hall–Kier alpha value is -3.56. The molecule has 30 heavy (non-hydrogen) atoms. The molecule has 0 radical (unpaired) electrons. The van der Waals surface area contributed by atoms with Crippen LogP contribution in [0.4, 0.5) is 5.69 Å². The van der Waals surface area contributed by atoms with E-state index < -0.39 is 15.9 Å². The Morgan fingerprint density at radius 1 is 1.00 bits per heavy atom. The van der Waals surface area contributed by atoms with Gasteiger partial charge in [0.25, 0.3) is 15.9 Å². The Morgan fingerprint density at radius 2 is 1.70 bits per heavy atom. The van der Waals surface area contributed by atoms with Crippen molar-refractivity contribution < 1.29 is 23.4 Å². The first-order valence-electron chi connectivity index (χ1n) is 8.49. The van der Waals surface area contributed by atoms with E-state index in [2.05, 4.69) is 15.2 Å². The van der Waals surface area contributed by atoms with Crippen molar-refractivity contribution in [2.24, 2.45) is 5.10 Å². The third-order valence-electron chi connectivity index (χ3n) is 3.92. The number of halogens is 1. The molecule has 4 N–H and O–H groups in total. The molecule has 0 aliphatic rings. The van der Waals surface area contributed by atoms with Crippen molar-refractivity contribution in [3.05, 3.63) is 82.9 Å². The van der Waals surface area contributed by atoms with Crippen molar-refractivity contribution in [2.75, 3.05) is 4.72 Å². The van der Waals surface area contributed by atoms with Gasteiger partial charge in [0.2, 0.25) is 0 Å². The zero-order valence-electron chi connectivity index (χ0n) is 15.3. The summed E-state index contributed by atoms with van der Waals surface area (Å²) in [5.41, 5.74) is 2.64. The molecular weight excluding hydrogens is 430 g/mol. The number of nitrogens with zero attached hydrogens (tertiary/aromatic N) is 1. The number of aromatic hydroxyl groups is 2. The molecule has 0 saturated heterocycles. The molecule has 10 heteroatoms. The Bertz CT molecular complexity index is 1210. The summed E-state index contributed by atoms with van der Waals surface area (Å²) in [7, 11) is -3.94. The number of carbonyl (C=O) groups is 1. The number of hydrazone groups is 1. The molecule has 0 bridgehead atoms. The zero-order valence-corrected chi connectivity index (χ0v) is 16.9. The quantitative estimate of drug-likeness (QED) is 0.342. The van der Waals surface area contributed by atoms with Gasteiger partial charge in [-0.15, -0.1) is 0 Å². The number of amides is 1. The molecule has 0 heterocycles. The molecule has 154 valence electrons. The summed E-state index contributed by atoms with van der Waals surface area (Å²) in [4.78, 5) is 12.5. The van der Waals surface area contributed by atoms with Crippen LogP contribution in [0.2, 0.25) is 5.02 Å². The van der Waals surface area contributed by atoms with Gasteiger partial charge in [-0.1, -0.05) is 23.7 Å². The van der Waals surface area contributed by atoms with E-state index in [9.17, 15) is 23.4 Å². The molecule has 0 unspecified atom stereocenters. The van der Waals surface area contributed by atoms with Crippen LogP contribution < -0.4 is 10.1 Å². The van der Waals surface area contributed by atoms with Crippen molar-refractivity contribution in [1.29, 1.82) is 0 Å². The minimum absolute atomic E-state index is 0.0112. The second-order valence-electron chi connectivity index (χ2n) is 6.05. The third-order valence-corrected chi connectivity index (χ3v) is 5.56. The lowest BCUT2D eigenvalue weighted by atomic mass is 10.2. The zero-order chi connectivity index (χ0) is 21.7. The van der Waals surface area contributed by atoms with Crippen LogP contribution in [0.1, 0.15) is 15.9 Å². The van der Waals surface area contributed by atoms with Gasteiger partial charge < -0.3 is 10.2 Å². The summed E-state index contributed by atoms with van der Waals surface area (Å²) in [6, 6.07) is 15.5. The lowest BCUT2D eigenvalue weighted by molar-refractivity contribution is 0.0956. The lowest BCUT2D eigenvalue weighted by Crippen LogP contribution is -2.21. The van der Waals surface area contributed by atoms with E-state index in [0.29, 0.717) is 5.02 Å². The van der Waals surface area contributed by atoms with Crippen LogP contribution in [0, 0.1) is 0 Å². The highest BCUT2D eigenvalue weighted by molar-refractivity contribution is 7.92. The number of rotatable bonds is 6. The highest BCUT2D eigenvalue weighted by Gasteiger charge is 2.18. The van der Waals surface area contributed by atoms with Crippen LogP contribution in [0.25, 0.3) is 0 Å². The first-order chi connectivity index (χ1) is 14.3. The van der Waals surface area contributed by atoms with E-state index >= 15 is 0 Å². The van der Waals surface area contributed by atoms with E-state index in [-0.39, 0.29) is 33.2 Å². The molecule has 8 nitrogen and oxygen atoms in total. The number of hydrogen-bond acceptors (Lipinski definition) is 6. The van der Waals surface area contributed by atoms with E-state index in [1.165, 1.54) is 54.7 Å². The first kappa shape index (κ1) is 21.2. The fraction of sp³-hybridized carbons (Fsp3) is 0. The molecule has 0 saturated carbocycles. The second kappa shape index (κ2) is 8.85. The van der Waals surface area contributed by atoms with Crippen LogP contribution in [-0.4, -0.2) is 30.8 Å². The van der Waals surface area contributed by atoms with Crippen LogP contribution >= 0.6 is 11.6 Å². The molecule has 3 aromatic carbocycles. The SMILES string of the molecule is O=C(NN=Cc1ccc(O)cc1O)c1ccccc1NS(=O)(=O)c1ccc(Cl)cc1. The minimum Gasteiger partial charge on any atom is -0.508 e. The highest BCUT2D eigenvalue weighted by atomic mass is 35.5. The normalized spacial score (nSPS) is 11.4. The van der Waals surface area contributed by atoms with Crippen LogP contribution in [-0.2, 0) is 10.0 Å². The smallest absolute Gasteiger partial charge is 0.273 e. The summed E-state index contributed by atoms with van der Waals surface area (Å²) < 4.78 is 27.6. The molecule has 0 atom stereocenters. The van der Waals surface area contributed by atoms with Crippen molar-refractivity contribution >= 4 is 39.4 Å². The summed E-state index contributed by atoms with van der Waals surface area (Å²) in [6.45, 7) is 0. The monoisotopic (exact) mass is 445 g/mol. The number of phenolic OH excluding ortho intramolecular Hbond substituents is 2. The number of benzene rings is 3. The number of para-hydroxylation sites is 1. The molecule has 1 amide bonds. The predicted molar refractivity (Wildman–Crippen MR) is 114 cm³/mol. The van der Waals surface area contributed by atoms with Crippen molar-refractivity contribution in [3.63, 3.8) is 0 Å². The lowest BCUT2D eigenvalue weighted by Gasteiger charge is -2.11. The van der Waals surface area contributed by atoms with E-state index in [1.54, 1.807) is 12.1 Å². The van der Waals surface area contributed by atoms with Gasteiger partial charge in [0.15, 0.2) is 0 Å². The molecule has 3 rings (SSSR count). The van der Waals surface area contributed by atoms with Crippen molar-refractivity contribution in [1.82, 2.24) is 5.43 Å². The van der Waals surface area contributed by atoms with Gasteiger partial charge in [-0.3, -0.25) is 9.52 Å². The second-order valence-corrected chi connectivity index (χ2v) is 8.17. The van der Waals surface area contributed by atoms with E-state index in [4.69, 9.17) is 11.6 Å². The van der Waals surface area contributed by atoms with Crippen LogP contribution in [0.5, 0.6) is 11.5 Å². The molecule has 0 aliphatic carbocycles. The largest absolute Gasteiger partial charge is 0.508 e. The molecule has 0 spiro atoms. The summed E-state index contributed by atoms with van der Waals surface area (Å²) >= 11 is 5.79. The van der Waals surface area contributed by atoms with Gasteiger partial charge in [-0.05, 0) is 48.5 Å². The summed E-state index contributed by atoms with van der Waals surface area (Å²) in [5, 5.41) is 23.2. The predicted octanol–water partition coefficient (Wildman–Crippen LogP) is 3.32. The molecule has 3 aromatic rings. The molecular formula is C20H16ClN3O5S. The highest BCUT2D eigenvalue weighted by Crippen LogP contribution is 2.22. The number of anilines is 1.